The van der Waals surface area contributed by atoms with Crippen molar-refractivity contribution in [2.75, 3.05) is 5.73 Å². The van der Waals surface area contributed by atoms with Crippen LogP contribution < -0.4 is 5.73 Å². The van der Waals surface area contributed by atoms with Crippen molar-refractivity contribution < 1.29 is 4.39 Å². The van der Waals surface area contributed by atoms with Crippen LogP contribution in [0.25, 0.3) is 11.4 Å². The second-order valence-electron chi connectivity index (χ2n) is 5.38. The third-order valence-corrected chi connectivity index (χ3v) is 3.88. The zero-order valence-corrected chi connectivity index (χ0v) is 11.6. The highest BCUT2D eigenvalue weighted by molar-refractivity contribution is 5.60. The Morgan fingerprint density at radius 1 is 1.10 bits per heavy atom. The molecule has 0 fully saturated rings. The van der Waals surface area contributed by atoms with Crippen LogP contribution in [0.5, 0.6) is 0 Å². The summed E-state index contributed by atoms with van der Waals surface area (Å²) < 4.78 is 13.4. The topological polar surface area (TPSA) is 51.8 Å². The molecule has 104 valence electrons. The maximum Gasteiger partial charge on any atom is 0.161 e. The Labute approximate surface area is 118 Å². The molecule has 0 bridgehead atoms. The molecule has 1 aromatic carbocycles. The maximum absolute atomic E-state index is 13.4. The van der Waals surface area contributed by atoms with E-state index < -0.39 is 0 Å². The summed E-state index contributed by atoms with van der Waals surface area (Å²) in [6, 6.07) is 4.93. The first-order valence-corrected chi connectivity index (χ1v) is 7.07. The number of hydrogen-bond acceptors (Lipinski definition) is 3. The first-order chi connectivity index (χ1) is 9.65. The van der Waals surface area contributed by atoms with Crippen molar-refractivity contribution in [2.45, 2.75) is 39.0 Å². The minimum atomic E-state index is -0.212. The van der Waals surface area contributed by atoms with E-state index in [-0.39, 0.29) is 5.82 Å². The molecule has 0 unspecified atom stereocenters. The van der Waals surface area contributed by atoms with Gasteiger partial charge < -0.3 is 5.73 Å². The molecule has 1 aliphatic carbocycles. The summed E-state index contributed by atoms with van der Waals surface area (Å²) in [5.74, 6) is 0.969. The van der Waals surface area contributed by atoms with Crippen molar-refractivity contribution in [1.82, 2.24) is 9.97 Å². The predicted octanol–water partition coefficient (Wildman–Crippen LogP) is 3.44. The van der Waals surface area contributed by atoms with Gasteiger partial charge in [0.05, 0.1) is 0 Å². The fourth-order valence-corrected chi connectivity index (χ4v) is 2.71. The molecule has 3 nitrogen and oxygen atoms in total. The van der Waals surface area contributed by atoms with Crippen molar-refractivity contribution >= 4 is 5.82 Å². The van der Waals surface area contributed by atoms with Crippen LogP contribution in [0.2, 0.25) is 0 Å². The molecule has 0 atom stereocenters. The van der Waals surface area contributed by atoms with E-state index in [9.17, 15) is 4.39 Å². The second kappa shape index (κ2) is 5.19. The van der Waals surface area contributed by atoms with Gasteiger partial charge in [0.15, 0.2) is 5.82 Å². The molecule has 0 aliphatic heterocycles. The van der Waals surface area contributed by atoms with Crippen LogP contribution in [-0.2, 0) is 12.8 Å². The largest absolute Gasteiger partial charge is 0.383 e. The van der Waals surface area contributed by atoms with Gasteiger partial charge in [-0.1, -0.05) is 6.42 Å². The number of anilines is 1. The molecule has 0 radical (unpaired) electrons. The molecule has 1 heterocycles. The standard InChI is InChI=1S/C16H18FN3/c1-10-9-11(7-8-13(10)17)16-19-14-6-4-2-3-5-12(14)15(18)20-16/h7-9H,2-6H2,1H3,(H2,18,19,20). The molecule has 1 aromatic heterocycles. The Balaban J connectivity index is 2.08. The minimum absolute atomic E-state index is 0.212. The average Bonchev–Trinajstić information content (AvgIpc) is 2.67. The van der Waals surface area contributed by atoms with E-state index in [0.717, 1.165) is 42.5 Å². The molecule has 0 spiro atoms. The summed E-state index contributed by atoms with van der Waals surface area (Å²) in [6.45, 7) is 1.74. The Morgan fingerprint density at radius 3 is 2.70 bits per heavy atom. The number of benzene rings is 1. The van der Waals surface area contributed by atoms with Gasteiger partial charge in [-0.05, 0) is 56.4 Å². The van der Waals surface area contributed by atoms with Crippen LogP contribution in [-0.4, -0.2) is 9.97 Å². The highest BCUT2D eigenvalue weighted by atomic mass is 19.1. The lowest BCUT2D eigenvalue weighted by molar-refractivity contribution is 0.618. The van der Waals surface area contributed by atoms with E-state index in [1.165, 1.54) is 12.5 Å². The van der Waals surface area contributed by atoms with Crippen LogP contribution in [0.1, 0.15) is 36.1 Å². The second-order valence-corrected chi connectivity index (χ2v) is 5.38. The fourth-order valence-electron chi connectivity index (χ4n) is 2.71. The SMILES string of the molecule is Cc1cc(-c2nc(N)c3c(n2)CCCCC3)ccc1F. The number of aryl methyl sites for hydroxylation is 2. The highest BCUT2D eigenvalue weighted by Crippen LogP contribution is 2.26. The Bertz CT molecular complexity index is 652. The molecule has 20 heavy (non-hydrogen) atoms. The van der Waals surface area contributed by atoms with Gasteiger partial charge in [-0.2, -0.15) is 0 Å². The Kier molecular flexibility index (Phi) is 3.38. The molecule has 2 N–H and O–H groups in total. The van der Waals surface area contributed by atoms with Gasteiger partial charge in [-0.3, -0.25) is 0 Å². The van der Waals surface area contributed by atoms with Crippen molar-refractivity contribution in [1.29, 1.82) is 0 Å². The van der Waals surface area contributed by atoms with Crippen molar-refractivity contribution in [2.24, 2.45) is 0 Å². The minimum Gasteiger partial charge on any atom is -0.383 e. The number of nitrogens with zero attached hydrogens (tertiary/aromatic N) is 2. The first-order valence-electron chi connectivity index (χ1n) is 7.07. The fraction of sp³-hybridized carbons (Fsp3) is 0.375. The summed E-state index contributed by atoms with van der Waals surface area (Å²) in [5, 5.41) is 0. The van der Waals surface area contributed by atoms with Gasteiger partial charge >= 0.3 is 0 Å². The van der Waals surface area contributed by atoms with Crippen molar-refractivity contribution in [3.63, 3.8) is 0 Å². The number of rotatable bonds is 1. The average molecular weight is 271 g/mol. The van der Waals surface area contributed by atoms with E-state index in [4.69, 9.17) is 5.73 Å². The van der Waals surface area contributed by atoms with E-state index in [1.54, 1.807) is 19.1 Å². The molecule has 1 aliphatic rings. The Morgan fingerprint density at radius 2 is 1.90 bits per heavy atom. The highest BCUT2D eigenvalue weighted by Gasteiger charge is 2.16. The molecule has 0 saturated carbocycles. The van der Waals surface area contributed by atoms with Crippen LogP contribution in [0.3, 0.4) is 0 Å². The molecule has 0 amide bonds. The first kappa shape index (κ1) is 13.0. The summed E-state index contributed by atoms with van der Waals surface area (Å²) >= 11 is 0. The predicted molar refractivity (Wildman–Crippen MR) is 77.8 cm³/mol. The van der Waals surface area contributed by atoms with Gasteiger partial charge in [0.25, 0.3) is 0 Å². The van der Waals surface area contributed by atoms with Crippen molar-refractivity contribution in [3.8, 4) is 11.4 Å². The number of aromatic nitrogens is 2. The number of fused-ring (bicyclic) bond motifs is 1. The number of nitrogen functional groups attached to an aromatic ring is 1. The third kappa shape index (κ3) is 2.38. The van der Waals surface area contributed by atoms with Crippen LogP contribution >= 0.6 is 0 Å². The van der Waals surface area contributed by atoms with Crippen LogP contribution in [0.15, 0.2) is 18.2 Å². The summed E-state index contributed by atoms with van der Waals surface area (Å²) in [6.07, 6.45) is 5.42. The monoisotopic (exact) mass is 271 g/mol. The zero-order valence-electron chi connectivity index (χ0n) is 11.6. The Hall–Kier alpha value is -1.97. The lowest BCUT2D eigenvalue weighted by atomic mass is 10.1. The van der Waals surface area contributed by atoms with Gasteiger partial charge in [0.2, 0.25) is 0 Å². The quantitative estimate of drug-likeness (QED) is 0.808. The molecule has 3 rings (SSSR count). The van der Waals surface area contributed by atoms with Gasteiger partial charge in [-0.25, -0.2) is 14.4 Å². The summed E-state index contributed by atoms with van der Waals surface area (Å²) in [7, 11) is 0. The van der Waals surface area contributed by atoms with Crippen LogP contribution in [0.4, 0.5) is 10.2 Å². The van der Waals surface area contributed by atoms with Crippen LogP contribution in [0, 0.1) is 12.7 Å². The van der Waals surface area contributed by atoms with E-state index in [2.05, 4.69) is 9.97 Å². The smallest absolute Gasteiger partial charge is 0.161 e. The van der Waals surface area contributed by atoms with E-state index >= 15 is 0 Å². The third-order valence-electron chi connectivity index (χ3n) is 3.88. The zero-order chi connectivity index (χ0) is 14.1. The molecule has 2 aromatic rings. The van der Waals surface area contributed by atoms with Gasteiger partial charge in [0, 0.05) is 16.8 Å². The van der Waals surface area contributed by atoms with Crippen molar-refractivity contribution in [3.05, 3.63) is 40.8 Å². The van der Waals surface area contributed by atoms with Gasteiger partial charge in [-0.15, -0.1) is 0 Å². The molecule has 0 saturated heterocycles. The normalized spacial score (nSPS) is 14.7. The van der Waals surface area contributed by atoms with E-state index in [0.29, 0.717) is 17.2 Å². The number of halogens is 1. The summed E-state index contributed by atoms with van der Waals surface area (Å²) in [5.41, 5.74) is 9.67. The molecule has 4 heteroatoms. The maximum atomic E-state index is 13.4. The molecular weight excluding hydrogens is 253 g/mol. The van der Waals surface area contributed by atoms with E-state index in [1.807, 2.05) is 0 Å². The lowest BCUT2D eigenvalue weighted by Gasteiger charge is -2.11. The number of hydrogen-bond donors (Lipinski definition) is 1. The molecular formula is C16H18FN3. The van der Waals surface area contributed by atoms with Gasteiger partial charge in [0.1, 0.15) is 11.6 Å². The lowest BCUT2D eigenvalue weighted by Crippen LogP contribution is -2.06. The number of nitrogens with two attached hydrogens (primary N) is 1. The summed E-state index contributed by atoms with van der Waals surface area (Å²) in [4.78, 5) is 9.07.